The van der Waals surface area contributed by atoms with E-state index >= 15 is 0 Å². The van der Waals surface area contributed by atoms with Crippen LogP contribution >= 0.6 is 15.9 Å². The number of benzene rings is 1. The molecule has 116 valence electrons. The van der Waals surface area contributed by atoms with Crippen LogP contribution in [0.25, 0.3) is 0 Å². The van der Waals surface area contributed by atoms with E-state index in [1.54, 1.807) is 0 Å². The minimum absolute atomic E-state index is 0.338. The summed E-state index contributed by atoms with van der Waals surface area (Å²) in [6.45, 7) is 8.84. The topological polar surface area (TPSA) is 21.3 Å². The van der Waals surface area contributed by atoms with E-state index < -0.39 is 0 Å². The summed E-state index contributed by atoms with van der Waals surface area (Å²) < 4.78 is 7.11. The maximum Gasteiger partial charge on any atom is 0.125 e. The summed E-state index contributed by atoms with van der Waals surface area (Å²) in [7, 11) is 0. The first-order valence-electron chi connectivity index (χ1n) is 8.15. The van der Waals surface area contributed by atoms with Crippen LogP contribution in [0.15, 0.2) is 16.6 Å². The van der Waals surface area contributed by atoms with Crippen molar-refractivity contribution in [1.82, 2.24) is 5.32 Å². The van der Waals surface area contributed by atoms with Gasteiger partial charge in [0.2, 0.25) is 0 Å². The van der Waals surface area contributed by atoms with Crippen LogP contribution in [0.2, 0.25) is 0 Å². The van der Waals surface area contributed by atoms with Crippen LogP contribution in [-0.4, -0.2) is 19.2 Å². The van der Waals surface area contributed by atoms with Crippen LogP contribution in [0.5, 0.6) is 5.75 Å². The van der Waals surface area contributed by atoms with Gasteiger partial charge in [-0.2, -0.15) is 0 Å². The van der Waals surface area contributed by atoms with Crippen molar-refractivity contribution >= 4 is 15.9 Å². The maximum absolute atomic E-state index is 5.91. The van der Waals surface area contributed by atoms with E-state index in [1.807, 2.05) is 0 Å². The van der Waals surface area contributed by atoms with Crippen molar-refractivity contribution in [3.05, 3.63) is 27.7 Å². The van der Waals surface area contributed by atoms with Gasteiger partial charge in [-0.25, -0.2) is 0 Å². The van der Waals surface area contributed by atoms with Gasteiger partial charge in [0.05, 0.1) is 6.61 Å². The van der Waals surface area contributed by atoms with Gasteiger partial charge < -0.3 is 10.1 Å². The van der Waals surface area contributed by atoms with Gasteiger partial charge in [-0.3, -0.25) is 0 Å². The van der Waals surface area contributed by atoms with Gasteiger partial charge in [0.15, 0.2) is 0 Å². The largest absolute Gasteiger partial charge is 0.493 e. The average Bonchev–Trinajstić information content (AvgIpc) is 3.17. The number of fused-ring (bicyclic) bond motifs is 1. The van der Waals surface area contributed by atoms with Gasteiger partial charge in [-0.05, 0) is 53.9 Å². The molecule has 1 aliphatic heterocycles. The molecule has 1 N–H and O–H groups in total. The Morgan fingerprint density at radius 1 is 1.38 bits per heavy atom. The van der Waals surface area contributed by atoms with E-state index in [0.717, 1.165) is 37.7 Å². The Morgan fingerprint density at radius 2 is 2.14 bits per heavy atom. The molecule has 1 aliphatic carbocycles. The van der Waals surface area contributed by atoms with Crippen molar-refractivity contribution in [3.63, 3.8) is 0 Å². The Morgan fingerprint density at radius 3 is 2.81 bits per heavy atom. The van der Waals surface area contributed by atoms with Gasteiger partial charge in [-0.1, -0.05) is 36.7 Å². The maximum atomic E-state index is 5.91. The third-order valence-corrected chi connectivity index (χ3v) is 5.35. The van der Waals surface area contributed by atoms with Crippen LogP contribution in [0.1, 0.15) is 44.7 Å². The van der Waals surface area contributed by atoms with Crippen LogP contribution in [0.4, 0.5) is 0 Å². The lowest BCUT2D eigenvalue weighted by atomic mass is 9.78. The summed E-state index contributed by atoms with van der Waals surface area (Å²) in [5, 5.41) is 3.66. The molecule has 2 aliphatic rings. The van der Waals surface area contributed by atoms with E-state index in [9.17, 15) is 0 Å². The summed E-state index contributed by atoms with van der Waals surface area (Å²) >= 11 is 3.67. The summed E-state index contributed by atoms with van der Waals surface area (Å²) in [5.41, 5.74) is 3.09. The molecule has 1 atom stereocenters. The van der Waals surface area contributed by atoms with Crippen LogP contribution in [0, 0.1) is 11.3 Å². The minimum atomic E-state index is 0.338. The number of ether oxygens (including phenoxy) is 1. The molecule has 0 aromatic heterocycles. The second kappa shape index (κ2) is 5.92. The van der Waals surface area contributed by atoms with Crippen LogP contribution in [-0.2, 0) is 12.8 Å². The molecule has 0 spiro atoms. The van der Waals surface area contributed by atoms with Crippen molar-refractivity contribution in [2.24, 2.45) is 11.3 Å². The van der Waals surface area contributed by atoms with Crippen LogP contribution < -0.4 is 10.1 Å². The first-order chi connectivity index (χ1) is 9.98. The van der Waals surface area contributed by atoms with E-state index in [2.05, 4.69) is 54.2 Å². The molecule has 0 bridgehead atoms. The molecule has 1 unspecified atom stereocenters. The highest BCUT2D eigenvalue weighted by Gasteiger charge is 2.42. The van der Waals surface area contributed by atoms with Gasteiger partial charge in [0.1, 0.15) is 5.75 Å². The predicted molar refractivity (Wildman–Crippen MR) is 91.0 cm³/mol. The quantitative estimate of drug-likeness (QED) is 0.822. The van der Waals surface area contributed by atoms with Crippen molar-refractivity contribution in [3.8, 4) is 5.75 Å². The second-order valence-electron chi connectivity index (χ2n) is 7.29. The summed E-state index contributed by atoms with van der Waals surface area (Å²) in [6.07, 6.45) is 4.92. The SMILES string of the molecule is CC(C)NCC(C)(Cc1cc(Br)cc2c1OCC2)C1CC1. The number of hydrogen-bond acceptors (Lipinski definition) is 2. The zero-order chi connectivity index (χ0) is 15.0. The van der Waals surface area contributed by atoms with E-state index in [4.69, 9.17) is 4.74 Å². The molecular weight excluding hydrogens is 326 g/mol. The molecule has 0 radical (unpaired) electrons. The highest BCUT2D eigenvalue weighted by atomic mass is 79.9. The Kier molecular flexibility index (Phi) is 4.33. The van der Waals surface area contributed by atoms with Crippen LogP contribution in [0.3, 0.4) is 0 Å². The summed E-state index contributed by atoms with van der Waals surface area (Å²) in [5.74, 6) is 2.02. The standard InChI is InChI=1S/C18H26BrNO/c1-12(2)20-11-18(3,15-4-5-15)10-14-9-16(19)8-13-6-7-21-17(13)14/h8-9,12,15,20H,4-7,10-11H2,1-3H3. The van der Waals surface area contributed by atoms with Crippen molar-refractivity contribution in [1.29, 1.82) is 0 Å². The van der Waals surface area contributed by atoms with Crippen molar-refractivity contribution < 1.29 is 4.74 Å². The van der Waals surface area contributed by atoms with Crippen molar-refractivity contribution in [2.75, 3.05) is 13.2 Å². The Balaban J connectivity index is 1.83. The predicted octanol–water partition coefficient (Wildman–Crippen LogP) is 4.34. The fourth-order valence-corrected chi connectivity index (χ4v) is 4.03. The third kappa shape index (κ3) is 3.45. The highest BCUT2D eigenvalue weighted by molar-refractivity contribution is 9.10. The minimum Gasteiger partial charge on any atom is -0.493 e. The van der Waals surface area contributed by atoms with E-state index in [0.29, 0.717) is 11.5 Å². The zero-order valence-electron chi connectivity index (χ0n) is 13.3. The number of hydrogen-bond donors (Lipinski definition) is 1. The Bertz CT molecular complexity index is 524. The lowest BCUT2D eigenvalue weighted by Gasteiger charge is -2.32. The monoisotopic (exact) mass is 351 g/mol. The first kappa shape index (κ1) is 15.4. The molecule has 1 fully saturated rings. The lowest BCUT2D eigenvalue weighted by molar-refractivity contribution is 0.244. The van der Waals surface area contributed by atoms with E-state index in [1.165, 1.54) is 28.4 Å². The number of rotatable bonds is 6. The average molecular weight is 352 g/mol. The molecule has 1 heterocycles. The van der Waals surface area contributed by atoms with Gasteiger partial charge in [0.25, 0.3) is 0 Å². The summed E-state index contributed by atoms with van der Waals surface area (Å²) in [6, 6.07) is 5.03. The Labute approximate surface area is 136 Å². The second-order valence-corrected chi connectivity index (χ2v) is 8.21. The molecule has 0 amide bonds. The van der Waals surface area contributed by atoms with Gasteiger partial charge in [0, 0.05) is 23.5 Å². The van der Waals surface area contributed by atoms with Gasteiger partial charge in [-0.15, -0.1) is 0 Å². The fraction of sp³-hybridized carbons (Fsp3) is 0.667. The number of nitrogens with one attached hydrogen (secondary N) is 1. The molecule has 0 saturated heterocycles. The lowest BCUT2D eigenvalue weighted by Crippen LogP contribution is -2.38. The molecule has 21 heavy (non-hydrogen) atoms. The zero-order valence-corrected chi connectivity index (χ0v) is 14.9. The summed E-state index contributed by atoms with van der Waals surface area (Å²) in [4.78, 5) is 0. The molecule has 1 aromatic rings. The molecular formula is C18H26BrNO. The molecule has 3 rings (SSSR count). The Hall–Kier alpha value is -0.540. The van der Waals surface area contributed by atoms with Gasteiger partial charge >= 0.3 is 0 Å². The third-order valence-electron chi connectivity index (χ3n) is 4.90. The molecule has 2 nitrogen and oxygen atoms in total. The number of halogens is 1. The van der Waals surface area contributed by atoms with Crippen molar-refractivity contribution in [2.45, 2.75) is 52.5 Å². The molecule has 1 saturated carbocycles. The molecule has 1 aromatic carbocycles. The first-order valence-corrected chi connectivity index (χ1v) is 8.95. The normalized spacial score (nSPS) is 20.2. The smallest absolute Gasteiger partial charge is 0.125 e. The van der Waals surface area contributed by atoms with E-state index in [-0.39, 0.29) is 0 Å². The highest BCUT2D eigenvalue weighted by Crippen LogP contribution is 2.48. The molecule has 3 heteroatoms. The fourth-order valence-electron chi connectivity index (χ4n) is 3.48.